The van der Waals surface area contributed by atoms with Gasteiger partial charge in [0, 0.05) is 5.56 Å². The number of H-pyrrole nitrogens is 1. The number of nitrogens with two attached hydrogens (primary N) is 1. The molecule has 0 aromatic carbocycles. The van der Waals surface area contributed by atoms with Crippen molar-refractivity contribution >= 4 is 11.6 Å². The minimum atomic E-state index is -0.282. The van der Waals surface area contributed by atoms with Gasteiger partial charge in [-0.05, 0) is 26.8 Å². The molecule has 0 saturated heterocycles. The van der Waals surface area contributed by atoms with Crippen molar-refractivity contribution in [2.75, 3.05) is 5.73 Å². The summed E-state index contributed by atoms with van der Waals surface area (Å²) in [7, 11) is 0. The van der Waals surface area contributed by atoms with Crippen LogP contribution in [0.3, 0.4) is 0 Å². The zero-order chi connectivity index (χ0) is 13.3. The van der Waals surface area contributed by atoms with Gasteiger partial charge in [-0.3, -0.25) is 9.89 Å². The lowest BCUT2D eigenvalue weighted by atomic mass is 10.1. The highest BCUT2D eigenvalue weighted by atomic mass is 16.3. The zero-order valence-electron chi connectivity index (χ0n) is 10.6. The van der Waals surface area contributed by atoms with E-state index in [-0.39, 0.29) is 17.6 Å². The van der Waals surface area contributed by atoms with Crippen molar-refractivity contribution in [3.63, 3.8) is 0 Å². The van der Waals surface area contributed by atoms with Crippen LogP contribution in [0.5, 0.6) is 0 Å². The number of amides is 1. The smallest absolute Gasteiger partial charge is 0.271 e. The van der Waals surface area contributed by atoms with Crippen LogP contribution in [0.1, 0.15) is 40.5 Å². The van der Waals surface area contributed by atoms with Gasteiger partial charge in [-0.25, -0.2) is 0 Å². The topological polar surface area (TPSA) is 96.9 Å². The van der Waals surface area contributed by atoms with Crippen molar-refractivity contribution in [1.29, 1.82) is 0 Å². The Bertz CT molecular complexity index is 570. The molecule has 1 amide bonds. The highest BCUT2D eigenvalue weighted by Gasteiger charge is 2.18. The number of nitrogens with zero attached hydrogens (tertiary/aromatic N) is 1. The van der Waals surface area contributed by atoms with Gasteiger partial charge in [0.25, 0.3) is 5.91 Å². The monoisotopic (exact) mass is 248 g/mol. The third-order valence-corrected chi connectivity index (χ3v) is 2.79. The first-order chi connectivity index (χ1) is 8.49. The quantitative estimate of drug-likeness (QED) is 0.770. The van der Waals surface area contributed by atoms with E-state index in [2.05, 4.69) is 15.5 Å². The Morgan fingerprint density at radius 1 is 1.56 bits per heavy atom. The SMILES string of the molecule is Cc1cc(C(C)NC(=O)c2[nH]ncc2N)c(C)o1. The molecule has 1 atom stereocenters. The molecule has 18 heavy (non-hydrogen) atoms. The maximum Gasteiger partial charge on any atom is 0.271 e. The predicted octanol–water partition coefficient (Wildman–Crippen LogP) is 1.69. The molecule has 2 rings (SSSR count). The number of nitrogen functional groups attached to an aromatic ring is 1. The molecule has 4 N–H and O–H groups in total. The lowest BCUT2D eigenvalue weighted by molar-refractivity contribution is 0.0935. The molecule has 6 nitrogen and oxygen atoms in total. The standard InChI is InChI=1S/C12H16N4O2/c1-6-4-9(8(3)18-6)7(2)15-12(17)11-10(13)5-14-16-11/h4-5,7H,13H2,1-3H3,(H,14,16)(H,15,17). The van der Waals surface area contributed by atoms with Crippen molar-refractivity contribution in [3.8, 4) is 0 Å². The molecular formula is C12H16N4O2. The Balaban J connectivity index is 2.13. The van der Waals surface area contributed by atoms with E-state index in [0.29, 0.717) is 5.69 Å². The first kappa shape index (κ1) is 12.2. The van der Waals surface area contributed by atoms with Crippen molar-refractivity contribution in [2.24, 2.45) is 0 Å². The molecule has 96 valence electrons. The first-order valence-electron chi connectivity index (χ1n) is 5.65. The second-order valence-electron chi connectivity index (χ2n) is 4.26. The molecule has 0 aliphatic heterocycles. The Morgan fingerprint density at radius 2 is 2.28 bits per heavy atom. The molecule has 6 heteroatoms. The Hall–Kier alpha value is -2.24. The lowest BCUT2D eigenvalue weighted by Gasteiger charge is -2.12. The number of aromatic nitrogens is 2. The lowest BCUT2D eigenvalue weighted by Crippen LogP contribution is -2.27. The van der Waals surface area contributed by atoms with E-state index in [1.165, 1.54) is 6.20 Å². The second kappa shape index (κ2) is 4.56. The largest absolute Gasteiger partial charge is 0.466 e. The van der Waals surface area contributed by atoms with Crippen LogP contribution in [0.4, 0.5) is 5.69 Å². The maximum absolute atomic E-state index is 11.9. The molecule has 2 aromatic heterocycles. The minimum Gasteiger partial charge on any atom is -0.466 e. The molecule has 0 fully saturated rings. The van der Waals surface area contributed by atoms with Gasteiger partial charge in [0.15, 0.2) is 0 Å². The summed E-state index contributed by atoms with van der Waals surface area (Å²) >= 11 is 0. The minimum absolute atomic E-state index is 0.155. The number of aryl methyl sites for hydroxylation is 2. The van der Waals surface area contributed by atoms with E-state index in [0.717, 1.165) is 17.1 Å². The molecule has 0 saturated carbocycles. The second-order valence-corrected chi connectivity index (χ2v) is 4.26. The van der Waals surface area contributed by atoms with Gasteiger partial charge in [-0.1, -0.05) is 0 Å². The fourth-order valence-electron chi connectivity index (χ4n) is 1.90. The van der Waals surface area contributed by atoms with Gasteiger partial charge in [0.2, 0.25) is 0 Å². The van der Waals surface area contributed by atoms with E-state index in [1.54, 1.807) is 0 Å². The first-order valence-corrected chi connectivity index (χ1v) is 5.65. The molecule has 0 radical (unpaired) electrons. The zero-order valence-corrected chi connectivity index (χ0v) is 10.6. The van der Waals surface area contributed by atoms with Crippen molar-refractivity contribution < 1.29 is 9.21 Å². The van der Waals surface area contributed by atoms with Crippen molar-refractivity contribution in [2.45, 2.75) is 26.8 Å². The number of hydrogen-bond acceptors (Lipinski definition) is 4. The van der Waals surface area contributed by atoms with Crippen LogP contribution in [0.15, 0.2) is 16.7 Å². The summed E-state index contributed by atoms with van der Waals surface area (Å²) < 4.78 is 5.44. The van der Waals surface area contributed by atoms with Crippen LogP contribution in [-0.4, -0.2) is 16.1 Å². The number of carbonyl (C=O) groups is 1. The average Bonchev–Trinajstić information content (AvgIpc) is 2.84. The summed E-state index contributed by atoms with van der Waals surface area (Å²) in [6.45, 7) is 5.63. The van der Waals surface area contributed by atoms with E-state index in [4.69, 9.17) is 10.2 Å². The number of carbonyl (C=O) groups excluding carboxylic acids is 1. The molecular weight excluding hydrogens is 232 g/mol. The van der Waals surface area contributed by atoms with Gasteiger partial charge in [-0.2, -0.15) is 5.10 Å². The number of hydrogen-bond donors (Lipinski definition) is 3. The maximum atomic E-state index is 11.9. The Morgan fingerprint density at radius 3 is 2.78 bits per heavy atom. The van der Waals surface area contributed by atoms with Crippen molar-refractivity contribution in [1.82, 2.24) is 15.5 Å². The summed E-state index contributed by atoms with van der Waals surface area (Å²) in [4.78, 5) is 11.9. The van der Waals surface area contributed by atoms with Crippen LogP contribution >= 0.6 is 0 Å². The normalized spacial score (nSPS) is 12.4. The number of anilines is 1. The van der Waals surface area contributed by atoms with Crippen LogP contribution in [-0.2, 0) is 0 Å². The Labute approximate surface area is 105 Å². The van der Waals surface area contributed by atoms with Gasteiger partial charge in [0.05, 0.1) is 17.9 Å². The number of aromatic amines is 1. The third-order valence-electron chi connectivity index (χ3n) is 2.79. The molecule has 0 aliphatic rings. The van der Waals surface area contributed by atoms with E-state index < -0.39 is 0 Å². The van der Waals surface area contributed by atoms with Gasteiger partial charge < -0.3 is 15.5 Å². The highest BCUT2D eigenvalue weighted by molar-refractivity contribution is 5.97. The molecule has 0 aliphatic carbocycles. The van der Waals surface area contributed by atoms with Crippen LogP contribution in [0.2, 0.25) is 0 Å². The Kier molecular flexibility index (Phi) is 3.10. The summed E-state index contributed by atoms with van der Waals surface area (Å²) in [5.41, 5.74) is 7.18. The van der Waals surface area contributed by atoms with Gasteiger partial charge in [-0.15, -0.1) is 0 Å². The van der Waals surface area contributed by atoms with Crippen LogP contribution in [0, 0.1) is 13.8 Å². The van der Waals surface area contributed by atoms with Crippen LogP contribution < -0.4 is 11.1 Å². The van der Waals surface area contributed by atoms with Gasteiger partial charge in [0.1, 0.15) is 17.2 Å². The fourth-order valence-corrected chi connectivity index (χ4v) is 1.90. The predicted molar refractivity (Wildman–Crippen MR) is 67.1 cm³/mol. The van der Waals surface area contributed by atoms with E-state index in [1.807, 2.05) is 26.8 Å². The number of nitrogens with one attached hydrogen (secondary N) is 2. The summed E-state index contributed by atoms with van der Waals surface area (Å²) in [6, 6.07) is 1.76. The van der Waals surface area contributed by atoms with Crippen LogP contribution in [0.25, 0.3) is 0 Å². The summed E-state index contributed by atoms with van der Waals surface area (Å²) in [6.07, 6.45) is 1.41. The number of rotatable bonds is 3. The van der Waals surface area contributed by atoms with E-state index >= 15 is 0 Å². The fraction of sp³-hybridized carbons (Fsp3) is 0.333. The molecule has 2 aromatic rings. The summed E-state index contributed by atoms with van der Waals surface area (Å²) in [5.74, 6) is 1.35. The number of furan rings is 1. The average molecular weight is 248 g/mol. The third kappa shape index (κ3) is 2.22. The molecule has 1 unspecified atom stereocenters. The highest BCUT2D eigenvalue weighted by Crippen LogP contribution is 2.21. The van der Waals surface area contributed by atoms with E-state index in [9.17, 15) is 4.79 Å². The van der Waals surface area contributed by atoms with Gasteiger partial charge >= 0.3 is 0 Å². The van der Waals surface area contributed by atoms with Crippen molar-refractivity contribution in [3.05, 3.63) is 35.0 Å². The summed E-state index contributed by atoms with van der Waals surface area (Å²) in [5, 5.41) is 9.13. The molecule has 0 bridgehead atoms. The molecule has 0 spiro atoms. The molecule has 2 heterocycles.